The van der Waals surface area contributed by atoms with E-state index in [0.717, 1.165) is 9.87 Å². The van der Waals surface area contributed by atoms with Crippen molar-refractivity contribution >= 4 is 39.1 Å². The molecule has 4 aromatic rings. The Morgan fingerprint density at radius 1 is 0.848 bits per heavy atom. The fourth-order valence-electron chi connectivity index (χ4n) is 4.99. The molecule has 1 unspecified atom stereocenters. The van der Waals surface area contributed by atoms with E-state index in [4.69, 9.17) is 16.3 Å². The van der Waals surface area contributed by atoms with Crippen LogP contribution in [-0.4, -0.2) is 49.9 Å². The summed E-state index contributed by atoms with van der Waals surface area (Å²) in [7, 11) is -4.26. The number of carbonyl (C=O) groups excluding carboxylic acids is 2. The molecule has 0 spiro atoms. The quantitative estimate of drug-likeness (QED) is 0.177. The number of sulfonamides is 1. The van der Waals surface area contributed by atoms with Gasteiger partial charge < -0.3 is 15.0 Å². The van der Waals surface area contributed by atoms with Crippen LogP contribution in [0.25, 0.3) is 0 Å². The Balaban J connectivity index is 1.85. The molecule has 0 saturated heterocycles. The predicted molar refractivity (Wildman–Crippen MR) is 182 cm³/mol. The van der Waals surface area contributed by atoms with Crippen molar-refractivity contribution in [2.45, 2.75) is 57.1 Å². The molecular weight excluding hydrogens is 622 g/mol. The molecule has 0 saturated carbocycles. The van der Waals surface area contributed by atoms with E-state index in [0.29, 0.717) is 16.3 Å². The third-order valence-electron chi connectivity index (χ3n) is 7.11. The number of amides is 2. The van der Waals surface area contributed by atoms with E-state index >= 15 is 0 Å². The Bertz CT molecular complexity index is 1730. The monoisotopic (exact) mass is 661 g/mol. The highest BCUT2D eigenvalue weighted by Gasteiger charge is 2.36. The zero-order valence-corrected chi connectivity index (χ0v) is 28.1. The van der Waals surface area contributed by atoms with E-state index < -0.39 is 34.1 Å². The van der Waals surface area contributed by atoms with Crippen molar-refractivity contribution in [2.24, 2.45) is 0 Å². The Kier molecular flexibility index (Phi) is 11.5. The topological polar surface area (TPSA) is 96.0 Å². The number of carbonyl (C=O) groups is 2. The third kappa shape index (κ3) is 8.89. The van der Waals surface area contributed by atoms with Crippen molar-refractivity contribution < 1.29 is 22.7 Å². The number of ether oxygens (including phenoxy) is 1. The summed E-state index contributed by atoms with van der Waals surface area (Å²) in [6.45, 7) is 7.05. The molecule has 0 heterocycles. The Morgan fingerprint density at radius 2 is 1.43 bits per heavy atom. The lowest BCUT2D eigenvalue weighted by Crippen LogP contribution is -2.56. The predicted octanol–water partition coefficient (Wildman–Crippen LogP) is 6.49. The second kappa shape index (κ2) is 15.3. The number of nitrogens with one attached hydrogen (secondary N) is 1. The maximum Gasteiger partial charge on any atom is 0.264 e. The minimum absolute atomic E-state index is 0.0121. The van der Waals surface area contributed by atoms with Gasteiger partial charge in [-0.2, -0.15) is 0 Å². The van der Waals surface area contributed by atoms with Crippen LogP contribution in [0.3, 0.4) is 0 Å². The minimum Gasteiger partial charge on any atom is -0.492 e. The van der Waals surface area contributed by atoms with Crippen LogP contribution in [0, 0.1) is 0 Å². The second-order valence-corrected chi connectivity index (χ2v) is 14.1. The van der Waals surface area contributed by atoms with Crippen LogP contribution in [0.2, 0.25) is 5.02 Å². The molecular formula is C36H40ClN3O5S. The average molecular weight is 662 g/mol. The van der Waals surface area contributed by atoms with Crippen molar-refractivity contribution in [1.82, 2.24) is 10.2 Å². The number of benzene rings is 4. The zero-order chi connectivity index (χ0) is 33.3. The molecule has 0 aliphatic carbocycles. The van der Waals surface area contributed by atoms with Gasteiger partial charge in [0.2, 0.25) is 11.8 Å². The van der Waals surface area contributed by atoms with Gasteiger partial charge in [0.25, 0.3) is 10.0 Å². The summed E-state index contributed by atoms with van der Waals surface area (Å²) in [5.41, 5.74) is 1.07. The van der Waals surface area contributed by atoms with Crippen LogP contribution < -0.4 is 14.4 Å². The molecule has 0 aliphatic rings. The summed E-state index contributed by atoms with van der Waals surface area (Å²) in [5, 5.41) is 3.45. The maximum atomic E-state index is 14.6. The van der Waals surface area contributed by atoms with Gasteiger partial charge in [0, 0.05) is 23.5 Å². The van der Waals surface area contributed by atoms with Gasteiger partial charge in [0.1, 0.15) is 18.3 Å². The molecule has 4 rings (SSSR count). The first-order chi connectivity index (χ1) is 21.9. The normalized spacial score (nSPS) is 12.2. The highest BCUT2D eigenvalue weighted by molar-refractivity contribution is 7.92. The summed E-state index contributed by atoms with van der Waals surface area (Å²) in [6, 6.07) is 30.1. The van der Waals surface area contributed by atoms with E-state index in [1.54, 1.807) is 73.7 Å². The standard InChI is InChI=1S/C36H40ClN3O5S/c1-5-45-33-23-15-14-22-31(33)40(46(43,44)29-19-10-7-11-20-29)26-34(41)39(25-28-18-12-13-21-30(28)37)32(35(42)38-36(2,3)4)24-27-16-8-6-9-17-27/h6-23,32H,5,24-26H2,1-4H3,(H,38,42). The van der Waals surface area contributed by atoms with E-state index in [2.05, 4.69) is 5.32 Å². The number of anilines is 1. The van der Waals surface area contributed by atoms with E-state index in [1.807, 2.05) is 51.1 Å². The van der Waals surface area contributed by atoms with Gasteiger partial charge in [-0.1, -0.05) is 90.5 Å². The molecule has 0 aromatic heterocycles. The molecule has 0 radical (unpaired) electrons. The van der Waals surface area contributed by atoms with Gasteiger partial charge in [0.15, 0.2) is 0 Å². The van der Waals surface area contributed by atoms with Crippen molar-refractivity contribution in [1.29, 1.82) is 0 Å². The lowest BCUT2D eigenvalue weighted by molar-refractivity contribution is -0.140. The summed E-state index contributed by atoms with van der Waals surface area (Å²) >= 11 is 6.57. The molecule has 0 fully saturated rings. The van der Waals surface area contributed by atoms with Crippen LogP contribution >= 0.6 is 11.6 Å². The van der Waals surface area contributed by atoms with Crippen molar-refractivity contribution in [3.05, 3.63) is 125 Å². The molecule has 0 bridgehead atoms. The SMILES string of the molecule is CCOc1ccccc1N(CC(=O)N(Cc1ccccc1Cl)C(Cc1ccccc1)C(=O)NC(C)(C)C)S(=O)(=O)c1ccccc1. The molecule has 1 atom stereocenters. The van der Waals surface area contributed by atoms with Gasteiger partial charge in [-0.05, 0) is 69.2 Å². The number of halogens is 1. The van der Waals surface area contributed by atoms with Crippen molar-refractivity contribution in [2.75, 3.05) is 17.5 Å². The van der Waals surface area contributed by atoms with E-state index in [1.165, 1.54) is 17.0 Å². The first-order valence-corrected chi connectivity index (χ1v) is 16.9. The lowest BCUT2D eigenvalue weighted by Gasteiger charge is -2.35. The fraction of sp³-hybridized carbons (Fsp3) is 0.278. The fourth-order valence-corrected chi connectivity index (χ4v) is 6.63. The van der Waals surface area contributed by atoms with Gasteiger partial charge in [-0.3, -0.25) is 13.9 Å². The Labute approximate surface area is 277 Å². The molecule has 8 nitrogen and oxygen atoms in total. The van der Waals surface area contributed by atoms with Crippen LogP contribution in [0.15, 0.2) is 114 Å². The molecule has 4 aromatic carbocycles. The number of nitrogens with zero attached hydrogens (tertiary/aromatic N) is 2. The Hall–Kier alpha value is -4.34. The molecule has 1 N–H and O–H groups in total. The summed E-state index contributed by atoms with van der Waals surface area (Å²) < 4.78 is 35.3. The Morgan fingerprint density at radius 3 is 2.07 bits per heavy atom. The first-order valence-electron chi connectivity index (χ1n) is 15.1. The van der Waals surface area contributed by atoms with E-state index in [9.17, 15) is 18.0 Å². The van der Waals surface area contributed by atoms with Gasteiger partial charge in [0.05, 0.1) is 17.2 Å². The molecule has 10 heteroatoms. The smallest absolute Gasteiger partial charge is 0.264 e. The highest BCUT2D eigenvalue weighted by atomic mass is 35.5. The number of hydrogen-bond donors (Lipinski definition) is 1. The minimum atomic E-state index is -4.26. The first kappa shape index (κ1) is 34.5. The lowest BCUT2D eigenvalue weighted by atomic mass is 10.0. The molecule has 0 aliphatic heterocycles. The maximum absolute atomic E-state index is 14.6. The van der Waals surface area contributed by atoms with Crippen LogP contribution in [0.4, 0.5) is 5.69 Å². The van der Waals surface area contributed by atoms with Crippen LogP contribution in [0.5, 0.6) is 5.75 Å². The average Bonchev–Trinajstić information content (AvgIpc) is 3.03. The van der Waals surface area contributed by atoms with Gasteiger partial charge in [-0.15, -0.1) is 0 Å². The van der Waals surface area contributed by atoms with Crippen LogP contribution in [-0.2, 0) is 32.6 Å². The number of para-hydroxylation sites is 2. The molecule has 2 amide bonds. The van der Waals surface area contributed by atoms with Gasteiger partial charge >= 0.3 is 0 Å². The summed E-state index contributed by atoms with van der Waals surface area (Å²) in [6.07, 6.45) is 0.194. The summed E-state index contributed by atoms with van der Waals surface area (Å²) in [5.74, 6) is -0.652. The largest absolute Gasteiger partial charge is 0.492 e. The number of hydrogen-bond acceptors (Lipinski definition) is 5. The summed E-state index contributed by atoms with van der Waals surface area (Å²) in [4.78, 5) is 30.1. The third-order valence-corrected chi connectivity index (χ3v) is 9.25. The van der Waals surface area contributed by atoms with Crippen LogP contribution in [0.1, 0.15) is 38.8 Å². The van der Waals surface area contributed by atoms with E-state index in [-0.39, 0.29) is 36.1 Å². The number of rotatable bonds is 13. The van der Waals surface area contributed by atoms with Crippen molar-refractivity contribution in [3.63, 3.8) is 0 Å². The van der Waals surface area contributed by atoms with Crippen molar-refractivity contribution in [3.8, 4) is 5.75 Å². The van der Waals surface area contributed by atoms with Gasteiger partial charge in [-0.25, -0.2) is 8.42 Å². The zero-order valence-electron chi connectivity index (χ0n) is 26.5. The molecule has 46 heavy (non-hydrogen) atoms. The highest BCUT2D eigenvalue weighted by Crippen LogP contribution is 2.33. The molecule has 242 valence electrons. The second-order valence-electron chi connectivity index (χ2n) is 11.8.